The molecule has 0 heterocycles. The third-order valence-electron chi connectivity index (χ3n) is 4.63. The van der Waals surface area contributed by atoms with Gasteiger partial charge < -0.3 is 0 Å². The van der Waals surface area contributed by atoms with Crippen molar-refractivity contribution in [2.45, 2.75) is 90.6 Å². The minimum absolute atomic E-state index is 0.241. The Kier molecular flexibility index (Phi) is 13.9. The Bertz CT molecular complexity index is 239. The van der Waals surface area contributed by atoms with Crippen LogP contribution in [-0.2, 0) is 0 Å². The Morgan fingerprint density at radius 2 is 1.27 bits per heavy atom. The van der Waals surface area contributed by atoms with Gasteiger partial charge in [-0.1, -0.05) is 0 Å². The van der Waals surface area contributed by atoms with E-state index in [0.29, 0.717) is 0 Å². The van der Waals surface area contributed by atoms with Crippen LogP contribution >= 0.6 is 7.41 Å². The number of hydrogen-bond donors (Lipinski definition) is 4. The van der Waals surface area contributed by atoms with Crippen LogP contribution in [0.2, 0.25) is 0 Å². The maximum absolute atomic E-state index is 6.67. The fraction of sp³-hybridized carbons (Fsp3) is 1.00. The Morgan fingerprint density at radius 1 is 0.773 bits per heavy atom. The molecule has 0 aliphatic carbocycles. The van der Waals surface area contributed by atoms with Crippen LogP contribution in [0.25, 0.3) is 0 Å². The van der Waals surface area contributed by atoms with Crippen LogP contribution in [-0.4, -0.2) is 30.9 Å². The van der Waals surface area contributed by atoms with Gasteiger partial charge in [0.15, 0.2) is 0 Å². The molecule has 136 valence electrons. The number of nitrogens with two attached hydrogens (primary N) is 2. The molecule has 0 aromatic rings. The summed E-state index contributed by atoms with van der Waals surface area (Å²) in [5.74, 6) is 0.482. The van der Waals surface area contributed by atoms with Crippen LogP contribution in [0, 0.1) is 0 Å². The maximum atomic E-state index is 6.67. The van der Waals surface area contributed by atoms with Gasteiger partial charge in [-0.05, 0) is 0 Å². The van der Waals surface area contributed by atoms with Crippen molar-refractivity contribution in [2.24, 2.45) is 11.5 Å². The Morgan fingerprint density at radius 3 is 1.73 bits per heavy atom. The van der Waals surface area contributed by atoms with Gasteiger partial charge in [-0.3, -0.25) is 0 Å². The van der Waals surface area contributed by atoms with Gasteiger partial charge in [0.1, 0.15) is 0 Å². The van der Waals surface area contributed by atoms with Crippen LogP contribution in [0.5, 0.6) is 0 Å². The fourth-order valence-electron chi connectivity index (χ4n) is 3.09. The molecule has 0 bridgehead atoms. The van der Waals surface area contributed by atoms with E-state index in [-0.39, 0.29) is 11.6 Å². The average Bonchev–Trinajstić information content (AvgIpc) is 2.50. The molecule has 0 radical (unpaired) electrons. The van der Waals surface area contributed by atoms with E-state index in [9.17, 15) is 0 Å². The van der Waals surface area contributed by atoms with Crippen molar-refractivity contribution in [3.05, 3.63) is 0 Å². The van der Waals surface area contributed by atoms with Crippen molar-refractivity contribution in [2.75, 3.05) is 19.4 Å². The first-order chi connectivity index (χ1) is 10.6. The summed E-state index contributed by atoms with van der Waals surface area (Å²) in [7, 11) is -1.94. The van der Waals surface area contributed by atoms with E-state index in [1.807, 2.05) is 0 Å². The molecule has 0 aromatic heterocycles. The molecule has 2 unspecified atom stereocenters. The van der Waals surface area contributed by atoms with Gasteiger partial charge in [-0.2, -0.15) is 0 Å². The molecular formula is C17H43N4P. The molecule has 0 spiro atoms. The molecule has 0 fully saturated rings. The zero-order valence-corrected chi connectivity index (χ0v) is 16.6. The van der Waals surface area contributed by atoms with E-state index in [2.05, 4.69) is 38.1 Å². The van der Waals surface area contributed by atoms with E-state index >= 15 is 0 Å². The predicted molar refractivity (Wildman–Crippen MR) is 105 cm³/mol. The van der Waals surface area contributed by atoms with E-state index in [0.717, 1.165) is 45.1 Å². The zero-order valence-electron chi connectivity index (χ0n) is 15.6. The Hall–Kier alpha value is 0.270. The Labute approximate surface area is 139 Å². The third-order valence-corrected chi connectivity index (χ3v) is 9.60. The predicted octanol–water partition coefficient (Wildman–Crippen LogP) is 3.56. The molecule has 0 saturated carbocycles. The normalized spacial score (nSPS) is 15.7. The van der Waals surface area contributed by atoms with E-state index in [4.69, 9.17) is 11.5 Å². The van der Waals surface area contributed by atoms with E-state index < -0.39 is 7.41 Å². The average molecular weight is 335 g/mol. The fourth-order valence-corrected chi connectivity index (χ4v) is 7.66. The second-order valence-corrected chi connectivity index (χ2v) is 10.9. The van der Waals surface area contributed by atoms with Crippen LogP contribution in [0.1, 0.15) is 79.1 Å². The summed E-state index contributed by atoms with van der Waals surface area (Å²) in [5, 5.41) is 7.58. The summed E-state index contributed by atoms with van der Waals surface area (Å²) in [4.78, 5) is 0. The molecule has 0 aliphatic heterocycles. The first-order valence-corrected chi connectivity index (χ1v) is 11.9. The third kappa shape index (κ3) is 7.70. The summed E-state index contributed by atoms with van der Waals surface area (Å²) in [5.41, 5.74) is 13.3. The molecule has 0 aliphatic rings. The van der Waals surface area contributed by atoms with Gasteiger partial charge in [0, 0.05) is 0 Å². The summed E-state index contributed by atoms with van der Waals surface area (Å²) in [6, 6.07) is 0. The van der Waals surface area contributed by atoms with Crippen molar-refractivity contribution in [3.8, 4) is 0 Å². The first kappa shape index (κ1) is 22.3. The van der Waals surface area contributed by atoms with Crippen LogP contribution in [0.4, 0.5) is 0 Å². The molecule has 4 nitrogen and oxygen atoms in total. The van der Waals surface area contributed by atoms with Gasteiger partial charge in [0.2, 0.25) is 0 Å². The van der Waals surface area contributed by atoms with Crippen molar-refractivity contribution in [3.63, 3.8) is 0 Å². The molecule has 0 saturated heterocycles. The summed E-state index contributed by atoms with van der Waals surface area (Å²) in [6.07, 6.45) is 10.3. The van der Waals surface area contributed by atoms with Gasteiger partial charge >= 0.3 is 139 Å². The molecule has 0 aromatic carbocycles. The number of nitrogens with one attached hydrogen (secondary N) is 2. The summed E-state index contributed by atoms with van der Waals surface area (Å²) < 4.78 is 0. The van der Waals surface area contributed by atoms with Crippen LogP contribution in [0.15, 0.2) is 0 Å². The topological polar surface area (TPSA) is 76.1 Å². The SMILES string of the molecule is CCCCNC[PH](NCCCC)(C(N)CCC)C(N)CCC. The molecule has 22 heavy (non-hydrogen) atoms. The Balaban J connectivity index is 5.01. The van der Waals surface area contributed by atoms with Crippen molar-refractivity contribution in [1.29, 1.82) is 0 Å². The second kappa shape index (κ2) is 13.7. The quantitative estimate of drug-likeness (QED) is 0.273. The molecule has 2 atom stereocenters. The number of hydrogen-bond acceptors (Lipinski definition) is 4. The minimum atomic E-state index is -1.94. The van der Waals surface area contributed by atoms with Gasteiger partial charge in [0.05, 0.1) is 0 Å². The van der Waals surface area contributed by atoms with Crippen LogP contribution in [0.3, 0.4) is 0 Å². The molecule has 0 rings (SSSR count). The molecule has 6 N–H and O–H groups in total. The van der Waals surface area contributed by atoms with E-state index in [1.165, 1.54) is 25.7 Å². The molecule has 5 heteroatoms. The van der Waals surface area contributed by atoms with Gasteiger partial charge in [-0.25, -0.2) is 0 Å². The summed E-state index contributed by atoms with van der Waals surface area (Å²) >= 11 is 0. The monoisotopic (exact) mass is 334 g/mol. The number of rotatable bonds is 15. The van der Waals surface area contributed by atoms with Gasteiger partial charge in [-0.15, -0.1) is 0 Å². The number of unbranched alkanes of at least 4 members (excludes halogenated alkanes) is 2. The van der Waals surface area contributed by atoms with Crippen LogP contribution < -0.4 is 21.9 Å². The molecular weight excluding hydrogens is 291 g/mol. The van der Waals surface area contributed by atoms with Crippen molar-refractivity contribution < 1.29 is 0 Å². The second-order valence-electron chi connectivity index (χ2n) is 6.64. The molecule has 0 amide bonds. The van der Waals surface area contributed by atoms with Gasteiger partial charge in [0.25, 0.3) is 0 Å². The summed E-state index contributed by atoms with van der Waals surface area (Å²) in [6.45, 7) is 11.1. The van der Waals surface area contributed by atoms with Crippen molar-refractivity contribution in [1.82, 2.24) is 10.4 Å². The van der Waals surface area contributed by atoms with E-state index in [1.54, 1.807) is 0 Å². The first-order valence-electron chi connectivity index (χ1n) is 9.55. The van der Waals surface area contributed by atoms with Crippen molar-refractivity contribution >= 4 is 7.41 Å². The standard InChI is InChI=1S/C17H43N4P/c1-5-9-13-20-15-22(16(18)11-7-3,17(19)12-8-4)21-14-10-6-2/h16-17,20-22H,5-15,18-19H2,1-4H3. The zero-order chi connectivity index (χ0) is 16.8.